The first-order valence-corrected chi connectivity index (χ1v) is 7.48. The molecule has 0 heterocycles. The predicted octanol–water partition coefficient (Wildman–Crippen LogP) is 0.543. The predicted molar refractivity (Wildman–Crippen MR) is 70.8 cm³/mol. The van der Waals surface area contributed by atoms with Crippen LogP contribution in [0.4, 0.5) is 0 Å². The smallest absolute Gasteiger partial charge is 0.266 e. The number of nitrogens with one attached hydrogen (secondary N) is 1. The average Bonchev–Trinajstić information content (AvgIpc) is 2.31. The zero-order chi connectivity index (χ0) is 14.5. The van der Waals surface area contributed by atoms with Crippen molar-refractivity contribution < 1.29 is 22.8 Å². The lowest BCUT2D eigenvalue weighted by Crippen LogP contribution is -2.29. The number of benzene rings is 1. The maximum atomic E-state index is 12.0. The van der Waals surface area contributed by atoms with Crippen molar-refractivity contribution in [2.75, 3.05) is 13.2 Å². The molecule has 9 heteroatoms. The van der Waals surface area contributed by atoms with Crippen LogP contribution in [-0.4, -0.2) is 27.5 Å². The van der Waals surface area contributed by atoms with Crippen molar-refractivity contribution in [3.05, 3.63) is 22.7 Å². The maximum absolute atomic E-state index is 12.0. The van der Waals surface area contributed by atoms with Gasteiger partial charge in [0.2, 0.25) is 5.91 Å². The summed E-state index contributed by atoms with van der Waals surface area (Å²) in [4.78, 5) is 16.7. The molecule has 0 fully saturated rings. The number of sulfonamides is 1. The molecule has 1 rings (SSSR count). The number of hydrogen-bond donors (Lipinski definition) is 2. The largest absolute Gasteiger partial charge is 0.492 e. The van der Waals surface area contributed by atoms with Crippen LogP contribution in [0.5, 0.6) is 5.75 Å². The highest BCUT2D eigenvalue weighted by Crippen LogP contribution is 2.27. The van der Waals surface area contributed by atoms with Crippen molar-refractivity contribution in [1.29, 1.82) is 0 Å². The fourth-order valence-electron chi connectivity index (χ4n) is 1.19. The monoisotopic (exact) mass is 352 g/mol. The van der Waals surface area contributed by atoms with E-state index in [1.807, 2.05) is 0 Å². The summed E-state index contributed by atoms with van der Waals surface area (Å²) >= 11 is 3.17. The van der Waals surface area contributed by atoms with Gasteiger partial charge in [0, 0.05) is 4.47 Å². The quantitative estimate of drug-likeness (QED) is 0.696. The van der Waals surface area contributed by atoms with E-state index in [0.29, 0.717) is 11.1 Å². The van der Waals surface area contributed by atoms with E-state index in [4.69, 9.17) is 10.5 Å². The van der Waals surface area contributed by atoms with Crippen molar-refractivity contribution in [3.8, 4) is 5.75 Å². The number of carbonyl (C=O) groups is 1. The third kappa shape index (κ3) is 4.78. The van der Waals surface area contributed by atoms with Crippen LogP contribution in [0.3, 0.4) is 0 Å². The molecule has 0 atom stereocenters. The summed E-state index contributed by atoms with van der Waals surface area (Å²) < 4.78 is 29.7. The number of primary amides is 1. The highest BCUT2D eigenvalue weighted by atomic mass is 79.9. The Morgan fingerprint density at radius 1 is 1.47 bits per heavy atom. The van der Waals surface area contributed by atoms with Gasteiger partial charge in [0.25, 0.3) is 10.0 Å². The van der Waals surface area contributed by atoms with Crippen molar-refractivity contribution in [3.63, 3.8) is 0 Å². The molecular formula is C10H13BrN2O5S. The lowest BCUT2D eigenvalue weighted by atomic mass is 10.3. The zero-order valence-corrected chi connectivity index (χ0v) is 12.5. The number of halogens is 1. The maximum Gasteiger partial charge on any atom is 0.266 e. The summed E-state index contributed by atoms with van der Waals surface area (Å²) in [7, 11) is -3.97. The minimum absolute atomic E-state index is 0.104. The molecule has 0 unspecified atom stereocenters. The second kappa shape index (κ2) is 6.85. The van der Waals surface area contributed by atoms with Gasteiger partial charge in [0.15, 0.2) is 0 Å². The molecule has 106 valence electrons. The number of rotatable bonds is 7. The van der Waals surface area contributed by atoms with Crippen molar-refractivity contribution in [2.24, 2.45) is 5.73 Å². The Labute approximate surface area is 119 Å². The van der Waals surface area contributed by atoms with E-state index < -0.39 is 22.5 Å². The SMILES string of the molecule is CCOc1ccc(Br)cc1S(=O)(=O)NOCC(N)=O. The van der Waals surface area contributed by atoms with Gasteiger partial charge in [-0.05, 0) is 25.1 Å². The van der Waals surface area contributed by atoms with Crippen molar-refractivity contribution in [1.82, 2.24) is 4.89 Å². The fourth-order valence-corrected chi connectivity index (χ4v) is 2.68. The van der Waals surface area contributed by atoms with Crippen molar-refractivity contribution in [2.45, 2.75) is 11.8 Å². The van der Waals surface area contributed by atoms with Crippen LogP contribution in [0, 0.1) is 0 Å². The van der Waals surface area contributed by atoms with E-state index in [1.165, 1.54) is 12.1 Å². The van der Waals surface area contributed by atoms with Crippen LogP contribution in [0.25, 0.3) is 0 Å². The average molecular weight is 353 g/mol. The van der Waals surface area contributed by atoms with E-state index in [2.05, 4.69) is 20.8 Å². The van der Waals surface area contributed by atoms with Crippen LogP contribution in [0.1, 0.15) is 6.92 Å². The van der Waals surface area contributed by atoms with E-state index in [0.717, 1.165) is 0 Å². The Bertz CT molecular complexity index is 561. The molecule has 0 spiro atoms. The summed E-state index contributed by atoms with van der Waals surface area (Å²) in [5, 5.41) is 0. The van der Waals surface area contributed by atoms with Gasteiger partial charge < -0.3 is 10.5 Å². The van der Waals surface area contributed by atoms with Gasteiger partial charge in [-0.15, -0.1) is 0 Å². The Hall–Kier alpha value is -1.16. The summed E-state index contributed by atoms with van der Waals surface area (Å²) in [5.74, 6) is -0.608. The first-order chi connectivity index (χ1) is 8.86. The van der Waals surface area contributed by atoms with E-state index in [1.54, 1.807) is 17.9 Å². The molecule has 7 nitrogen and oxygen atoms in total. The van der Waals surface area contributed by atoms with Gasteiger partial charge in [0.05, 0.1) is 6.61 Å². The molecule has 1 aromatic carbocycles. The summed E-state index contributed by atoms with van der Waals surface area (Å²) in [6, 6.07) is 4.52. The van der Waals surface area contributed by atoms with Crippen LogP contribution >= 0.6 is 15.9 Å². The standard InChI is InChI=1S/C10H13BrN2O5S/c1-2-17-8-4-3-7(11)5-9(8)19(15,16)13-18-6-10(12)14/h3-5,13H,2,6H2,1H3,(H2,12,14). The molecule has 1 aromatic rings. The molecule has 0 aliphatic carbocycles. The zero-order valence-electron chi connectivity index (χ0n) is 10.1. The third-order valence-electron chi connectivity index (χ3n) is 1.88. The molecular weight excluding hydrogens is 340 g/mol. The number of nitrogens with two attached hydrogens (primary N) is 1. The Morgan fingerprint density at radius 2 is 2.16 bits per heavy atom. The topological polar surface area (TPSA) is 108 Å². The van der Waals surface area contributed by atoms with Gasteiger partial charge in [-0.1, -0.05) is 20.8 Å². The molecule has 0 saturated carbocycles. The number of carbonyl (C=O) groups excluding carboxylic acids is 1. The Morgan fingerprint density at radius 3 is 2.74 bits per heavy atom. The van der Waals surface area contributed by atoms with Crippen LogP contribution in [0.15, 0.2) is 27.6 Å². The molecule has 0 aliphatic heterocycles. The van der Waals surface area contributed by atoms with Gasteiger partial charge in [-0.25, -0.2) is 8.42 Å². The minimum atomic E-state index is -3.97. The number of hydrogen-bond acceptors (Lipinski definition) is 5. The van der Waals surface area contributed by atoms with Gasteiger partial charge in [-0.2, -0.15) is 0 Å². The van der Waals surface area contributed by atoms with Gasteiger partial charge in [-0.3, -0.25) is 9.63 Å². The summed E-state index contributed by atoms with van der Waals surface area (Å²) in [5.41, 5.74) is 4.83. The summed E-state index contributed by atoms with van der Waals surface area (Å²) in [6.45, 7) is 1.49. The normalized spacial score (nSPS) is 11.3. The Balaban J connectivity index is 2.98. The highest BCUT2D eigenvalue weighted by molar-refractivity contribution is 9.10. The van der Waals surface area contributed by atoms with Gasteiger partial charge >= 0.3 is 0 Å². The highest BCUT2D eigenvalue weighted by Gasteiger charge is 2.20. The number of amides is 1. The van der Waals surface area contributed by atoms with Crippen LogP contribution < -0.4 is 15.4 Å². The molecule has 1 amide bonds. The molecule has 3 N–H and O–H groups in total. The first kappa shape index (κ1) is 15.9. The third-order valence-corrected chi connectivity index (χ3v) is 3.61. The lowest BCUT2D eigenvalue weighted by molar-refractivity contribution is -0.123. The molecule has 19 heavy (non-hydrogen) atoms. The lowest BCUT2D eigenvalue weighted by Gasteiger charge is -2.11. The molecule has 0 aromatic heterocycles. The molecule has 0 bridgehead atoms. The van der Waals surface area contributed by atoms with E-state index in [9.17, 15) is 13.2 Å². The van der Waals surface area contributed by atoms with E-state index in [-0.39, 0.29) is 10.6 Å². The first-order valence-electron chi connectivity index (χ1n) is 5.21. The molecule has 0 saturated heterocycles. The second-order valence-electron chi connectivity index (χ2n) is 3.37. The second-order valence-corrected chi connectivity index (χ2v) is 5.89. The van der Waals surface area contributed by atoms with Gasteiger partial charge in [0.1, 0.15) is 17.3 Å². The van der Waals surface area contributed by atoms with Crippen LogP contribution in [0.2, 0.25) is 0 Å². The molecule has 0 radical (unpaired) electrons. The number of ether oxygens (including phenoxy) is 1. The van der Waals surface area contributed by atoms with Crippen molar-refractivity contribution >= 4 is 31.9 Å². The van der Waals surface area contributed by atoms with Crippen LogP contribution in [-0.2, 0) is 19.7 Å². The Kier molecular flexibility index (Phi) is 5.73. The minimum Gasteiger partial charge on any atom is -0.492 e. The van der Waals surface area contributed by atoms with E-state index >= 15 is 0 Å². The summed E-state index contributed by atoms with van der Waals surface area (Å²) in [6.07, 6.45) is 0. The molecule has 0 aliphatic rings. The fraction of sp³-hybridized carbons (Fsp3) is 0.300.